The second-order valence-corrected chi connectivity index (χ2v) is 6.92. The Hall–Kier alpha value is -1.07. The molecule has 1 aromatic carbocycles. The Kier molecular flexibility index (Phi) is 6.26. The van der Waals surface area contributed by atoms with Crippen molar-refractivity contribution >= 4 is 40.4 Å². The van der Waals surface area contributed by atoms with Gasteiger partial charge in [0.1, 0.15) is 0 Å². The molecule has 0 saturated heterocycles. The molecule has 118 valence electrons. The van der Waals surface area contributed by atoms with Gasteiger partial charge in [0.15, 0.2) is 0 Å². The Balaban J connectivity index is 1.81. The molecule has 6 heteroatoms. The third-order valence-electron chi connectivity index (χ3n) is 3.41. The highest BCUT2D eigenvalue weighted by atomic mass is 35.5. The van der Waals surface area contributed by atoms with Crippen LogP contribution in [-0.4, -0.2) is 12.5 Å². The Labute approximate surface area is 144 Å². The molecule has 0 aliphatic rings. The first-order chi connectivity index (χ1) is 10.5. The van der Waals surface area contributed by atoms with E-state index in [1.54, 1.807) is 23.5 Å². The molecule has 0 aliphatic heterocycles. The number of rotatable bonds is 6. The third-order valence-corrected chi connectivity index (χ3v) is 5.00. The molecule has 2 rings (SSSR count). The number of halogens is 2. The quantitative estimate of drug-likeness (QED) is 0.808. The van der Waals surface area contributed by atoms with E-state index in [2.05, 4.69) is 16.7 Å². The summed E-state index contributed by atoms with van der Waals surface area (Å²) in [6.07, 6.45) is 0. The molecule has 2 aromatic rings. The Morgan fingerprint density at radius 1 is 1.32 bits per heavy atom. The van der Waals surface area contributed by atoms with Gasteiger partial charge in [0.25, 0.3) is 0 Å². The first kappa shape index (κ1) is 17.3. The molecule has 0 aliphatic carbocycles. The third kappa shape index (κ3) is 4.71. The van der Waals surface area contributed by atoms with E-state index in [0.29, 0.717) is 16.6 Å². The summed E-state index contributed by atoms with van der Waals surface area (Å²) in [5.74, 6) is -0.0373. The average molecular weight is 357 g/mol. The number of benzene rings is 1. The SMILES string of the molecule is Cc1ccsc1CNC(=O)CNC(C)c1ccc(Cl)cc1Cl. The Morgan fingerprint density at radius 3 is 2.73 bits per heavy atom. The van der Waals surface area contributed by atoms with E-state index in [-0.39, 0.29) is 18.5 Å². The molecule has 3 nitrogen and oxygen atoms in total. The number of carbonyl (C=O) groups is 1. The topological polar surface area (TPSA) is 41.1 Å². The zero-order valence-electron chi connectivity index (χ0n) is 12.5. The number of thiophene rings is 1. The van der Waals surface area contributed by atoms with Crippen LogP contribution < -0.4 is 10.6 Å². The van der Waals surface area contributed by atoms with Crippen LogP contribution in [0.2, 0.25) is 10.0 Å². The van der Waals surface area contributed by atoms with E-state index in [4.69, 9.17) is 23.2 Å². The fourth-order valence-corrected chi connectivity index (χ4v) is 3.45. The van der Waals surface area contributed by atoms with Crippen LogP contribution in [0.3, 0.4) is 0 Å². The minimum absolute atomic E-state index is 0.0287. The summed E-state index contributed by atoms with van der Waals surface area (Å²) in [5, 5.41) is 9.31. The summed E-state index contributed by atoms with van der Waals surface area (Å²) in [6, 6.07) is 7.39. The van der Waals surface area contributed by atoms with Crippen molar-refractivity contribution in [1.29, 1.82) is 0 Å². The van der Waals surface area contributed by atoms with Gasteiger partial charge in [-0.15, -0.1) is 11.3 Å². The van der Waals surface area contributed by atoms with Crippen LogP contribution in [0, 0.1) is 6.92 Å². The number of hydrogen-bond acceptors (Lipinski definition) is 3. The van der Waals surface area contributed by atoms with Crippen LogP contribution in [0.5, 0.6) is 0 Å². The van der Waals surface area contributed by atoms with Gasteiger partial charge in [0, 0.05) is 21.0 Å². The van der Waals surface area contributed by atoms with Crippen molar-refractivity contribution in [3.05, 3.63) is 55.7 Å². The van der Waals surface area contributed by atoms with E-state index in [1.165, 1.54) is 10.4 Å². The molecule has 1 atom stereocenters. The Morgan fingerprint density at radius 2 is 2.09 bits per heavy atom. The number of nitrogens with one attached hydrogen (secondary N) is 2. The van der Waals surface area contributed by atoms with Crippen molar-refractivity contribution in [3.8, 4) is 0 Å². The summed E-state index contributed by atoms with van der Waals surface area (Å²) in [4.78, 5) is 13.1. The molecule has 22 heavy (non-hydrogen) atoms. The lowest BCUT2D eigenvalue weighted by atomic mass is 10.1. The standard InChI is InChI=1S/C16H18Cl2N2OS/c1-10-5-6-22-15(10)8-20-16(21)9-19-11(2)13-4-3-12(17)7-14(13)18/h3-7,11,19H,8-9H2,1-2H3,(H,20,21). The second-order valence-electron chi connectivity index (χ2n) is 5.07. The normalized spacial score (nSPS) is 12.2. The predicted molar refractivity (Wildman–Crippen MR) is 93.8 cm³/mol. The van der Waals surface area contributed by atoms with Crippen LogP contribution in [0.25, 0.3) is 0 Å². The monoisotopic (exact) mass is 356 g/mol. The maximum Gasteiger partial charge on any atom is 0.234 e. The van der Waals surface area contributed by atoms with Gasteiger partial charge in [0.2, 0.25) is 5.91 Å². The summed E-state index contributed by atoms with van der Waals surface area (Å²) in [6.45, 7) is 4.82. The molecule has 2 N–H and O–H groups in total. The molecule has 0 fully saturated rings. The fraction of sp³-hybridized carbons (Fsp3) is 0.312. The van der Waals surface area contributed by atoms with Gasteiger partial charge >= 0.3 is 0 Å². The van der Waals surface area contributed by atoms with E-state index in [1.807, 2.05) is 25.3 Å². The number of carbonyl (C=O) groups excluding carboxylic acids is 1. The lowest BCUT2D eigenvalue weighted by Crippen LogP contribution is -2.34. The van der Waals surface area contributed by atoms with Gasteiger partial charge < -0.3 is 10.6 Å². The molecule has 0 radical (unpaired) electrons. The van der Waals surface area contributed by atoms with Gasteiger partial charge in [0.05, 0.1) is 13.1 Å². The zero-order chi connectivity index (χ0) is 16.1. The van der Waals surface area contributed by atoms with Gasteiger partial charge in [-0.05, 0) is 48.6 Å². The van der Waals surface area contributed by atoms with Crippen LogP contribution in [0.15, 0.2) is 29.6 Å². The molecular weight excluding hydrogens is 339 g/mol. The maximum absolute atomic E-state index is 11.9. The van der Waals surface area contributed by atoms with E-state index >= 15 is 0 Å². The summed E-state index contributed by atoms with van der Waals surface area (Å²) in [5.41, 5.74) is 2.13. The van der Waals surface area contributed by atoms with E-state index in [9.17, 15) is 4.79 Å². The summed E-state index contributed by atoms with van der Waals surface area (Å²) < 4.78 is 0. The highest BCUT2D eigenvalue weighted by Crippen LogP contribution is 2.25. The molecular formula is C16H18Cl2N2OS. The van der Waals surface area contributed by atoms with Crippen molar-refractivity contribution in [1.82, 2.24) is 10.6 Å². The van der Waals surface area contributed by atoms with Gasteiger partial charge in [-0.3, -0.25) is 4.79 Å². The van der Waals surface area contributed by atoms with Crippen molar-refractivity contribution in [2.24, 2.45) is 0 Å². The van der Waals surface area contributed by atoms with Crippen LogP contribution in [0.4, 0.5) is 0 Å². The molecule has 1 amide bonds. The molecule has 0 saturated carbocycles. The van der Waals surface area contributed by atoms with Crippen LogP contribution in [-0.2, 0) is 11.3 Å². The van der Waals surface area contributed by atoms with Crippen molar-refractivity contribution in [2.75, 3.05) is 6.54 Å². The van der Waals surface area contributed by atoms with Crippen molar-refractivity contribution in [2.45, 2.75) is 26.4 Å². The van der Waals surface area contributed by atoms with E-state index in [0.717, 1.165) is 5.56 Å². The first-order valence-corrected chi connectivity index (χ1v) is 8.59. The molecule has 1 aromatic heterocycles. The highest BCUT2D eigenvalue weighted by Gasteiger charge is 2.11. The smallest absolute Gasteiger partial charge is 0.234 e. The van der Waals surface area contributed by atoms with Gasteiger partial charge in [-0.2, -0.15) is 0 Å². The lowest BCUT2D eigenvalue weighted by Gasteiger charge is -2.15. The zero-order valence-corrected chi connectivity index (χ0v) is 14.8. The lowest BCUT2D eigenvalue weighted by molar-refractivity contribution is -0.120. The molecule has 0 spiro atoms. The highest BCUT2D eigenvalue weighted by molar-refractivity contribution is 7.10. The number of aryl methyl sites for hydroxylation is 1. The summed E-state index contributed by atoms with van der Waals surface area (Å²) >= 11 is 13.7. The van der Waals surface area contributed by atoms with Gasteiger partial charge in [-0.1, -0.05) is 29.3 Å². The first-order valence-electron chi connectivity index (χ1n) is 6.95. The van der Waals surface area contributed by atoms with Crippen molar-refractivity contribution in [3.63, 3.8) is 0 Å². The largest absolute Gasteiger partial charge is 0.350 e. The number of hydrogen-bond donors (Lipinski definition) is 2. The van der Waals surface area contributed by atoms with Crippen molar-refractivity contribution < 1.29 is 4.79 Å². The fourth-order valence-electron chi connectivity index (χ4n) is 2.03. The van der Waals surface area contributed by atoms with Gasteiger partial charge in [-0.25, -0.2) is 0 Å². The number of amides is 1. The molecule has 0 bridgehead atoms. The predicted octanol–water partition coefficient (Wildman–Crippen LogP) is 4.33. The van der Waals surface area contributed by atoms with E-state index < -0.39 is 0 Å². The maximum atomic E-state index is 11.9. The van der Waals surface area contributed by atoms with Crippen LogP contribution >= 0.6 is 34.5 Å². The summed E-state index contributed by atoms with van der Waals surface area (Å²) in [7, 11) is 0. The minimum Gasteiger partial charge on any atom is -0.350 e. The molecule has 1 heterocycles. The van der Waals surface area contributed by atoms with Crippen LogP contribution in [0.1, 0.15) is 29.0 Å². The second kappa shape index (κ2) is 7.97. The average Bonchev–Trinajstić information content (AvgIpc) is 2.88. The Bertz CT molecular complexity index is 657. The minimum atomic E-state index is -0.0373. The molecule has 1 unspecified atom stereocenters.